The number of nitrogens with one attached hydrogen (secondary N) is 1. The molecule has 1 saturated heterocycles. The molecular formula is C20H28N4O2S2. The summed E-state index contributed by atoms with van der Waals surface area (Å²) in [6.07, 6.45) is 6.57. The molecule has 1 atom stereocenters. The largest absolute Gasteiger partial charge is 0.353 e. The van der Waals surface area contributed by atoms with E-state index < -0.39 is 10.0 Å². The summed E-state index contributed by atoms with van der Waals surface area (Å²) in [5.74, 6) is 0. The molecule has 6 nitrogen and oxygen atoms in total. The van der Waals surface area contributed by atoms with Crippen molar-refractivity contribution in [2.75, 3.05) is 26.0 Å². The van der Waals surface area contributed by atoms with Crippen molar-refractivity contribution >= 4 is 33.0 Å². The SMILES string of the molecule is CN(C)S(=O)(=O)c1cccc(NC(=S)N2CCCCC[C@@H]2c2cccn2C)c1. The molecule has 3 rings (SSSR count). The second kappa shape index (κ2) is 8.63. The van der Waals surface area contributed by atoms with Crippen LogP contribution in [-0.2, 0) is 17.1 Å². The Kier molecular flexibility index (Phi) is 6.42. The Labute approximate surface area is 173 Å². The fraction of sp³-hybridized carbons (Fsp3) is 0.450. The van der Waals surface area contributed by atoms with E-state index in [2.05, 4.69) is 40.2 Å². The molecule has 1 N–H and O–H groups in total. The minimum Gasteiger partial charge on any atom is -0.353 e. The van der Waals surface area contributed by atoms with Crippen molar-refractivity contribution < 1.29 is 8.42 Å². The van der Waals surface area contributed by atoms with Crippen LogP contribution in [0.3, 0.4) is 0 Å². The molecule has 1 fully saturated rings. The van der Waals surface area contributed by atoms with Gasteiger partial charge in [0.1, 0.15) is 0 Å². The third-order valence-corrected chi connectivity index (χ3v) is 7.35. The highest BCUT2D eigenvalue weighted by atomic mass is 32.2. The number of aromatic nitrogens is 1. The number of hydrogen-bond acceptors (Lipinski definition) is 3. The standard InChI is InChI=1S/C20H28N4O2S2/c1-22(2)28(25,26)17-10-7-9-16(15-17)21-20(27)24-14-6-4-5-11-19(24)18-12-8-13-23(18)3/h7-10,12-13,15,19H,4-6,11,14H2,1-3H3,(H,21,27)/t19-/m1/s1. The lowest BCUT2D eigenvalue weighted by Gasteiger charge is -2.33. The fourth-order valence-corrected chi connectivity index (χ4v) is 4.90. The monoisotopic (exact) mass is 420 g/mol. The number of thiocarbonyl (C=S) groups is 1. The highest BCUT2D eigenvalue weighted by Gasteiger charge is 2.26. The minimum atomic E-state index is -3.48. The van der Waals surface area contributed by atoms with Crippen LogP contribution in [0.1, 0.15) is 37.4 Å². The van der Waals surface area contributed by atoms with E-state index >= 15 is 0 Å². The number of hydrogen-bond donors (Lipinski definition) is 1. The molecule has 0 amide bonds. The molecule has 1 aliphatic rings. The number of anilines is 1. The number of nitrogens with zero attached hydrogens (tertiary/aromatic N) is 3. The van der Waals surface area contributed by atoms with Crippen LogP contribution in [0.4, 0.5) is 5.69 Å². The third kappa shape index (κ3) is 4.39. The van der Waals surface area contributed by atoms with Crippen LogP contribution in [0.5, 0.6) is 0 Å². The summed E-state index contributed by atoms with van der Waals surface area (Å²) in [7, 11) is 1.63. The highest BCUT2D eigenvalue weighted by molar-refractivity contribution is 7.89. The molecule has 28 heavy (non-hydrogen) atoms. The molecule has 2 heterocycles. The van der Waals surface area contributed by atoms with Gasteiger partial charge in [0.05, 0.1) is 10.9 Å². The lowest BCUT2D eigenvalue weighted by Crippen LogP contribution is -2.38. The van der Waals surface area contributed by atoms with E-state index in [0.29, 0.717) is 10.8 Å². The average molecular weight is 421 g/mol. The number of sulfonamides is 1. The molecule has 0 saturated carbocycles. The molecular weight excluding hydrogens is 392 g/mol. The second-order valence-corrected chi connectivity index (χ2v) is 9.89. The van der Waals surface area contributed by atoms with E-state index in [0.717, 1.165) is 19.4 Å². The van der Waals surface area contributed by atoms with Crippen LogP contribution < -0.4 is 5.32 Å². The number of aryl methyl sites for hydroxylation is 1. The van der Waals surface area contributed by atoms with Gasteiger partial charge in [0.2, 0.25) is 10.0 Å². The summed E-state index contributed by atoms with van der Waals surface area (Å²) in [4.78, 5) is 2.49. The number of likely N-dealkylation sites (tertiary alicyclic amines) is 1. The Hall–Kier alpha value is -1.90. The van der Waals surface area contributed by atoms with Crippen LogP contribution in [0.2, 0.25) is 0 Å². The molecule has 0 radical (unpaired) electrons. The number of rotatable bonds is 4. The van der Waals surface area contributed by atoms with Gasteiger partial charge in [-0.05, 0) is 55.4 Å². The normalized spacial score (nSPS) is 18.1. The molecule has 0 bridgehead atoms. The molecule has 0 aliphatic carbocycles. The van der Waals surface area contributed by atoms with Gasteiger partial charge in [-0.1, -0.05) is 18.9 Å². The zero-order valence-electron chi connectivity index (χ0n) is 16.6. The summed E-state index contributed by atoms with van der Waals surface area (Å²) in [5.41, 5.74) is 1.93. The number of benzene rings is 1. The van der Waals surface area contributed by atoms with Crippen LogP contribution >= 0.6 is 12.2 Å². The van der Waals surface area contributed by atoms with Crippen LogP contribution in [-0.4, -0.2) is 47.9 Å². The van der Waals surface area contributed by atoms with Gasteiger partial charge < -0.3 is 14.8 Å². The first-order chi connectivity index (χ1) is 13.3. The lowest BCUT2D eigenvalue weighted by atomic mass is 10.1. The van der Waals surface area contributed by atoms with Crippen molar-refractivity contribution in [2.45, 2.75) is 36.6 Å². The minimum absolute atomic E-state index is 0.219. The van der Waals surface area contributed by atoms with Crippen LogP contribution in [0, 0.1) is 0 Å². The first kappa shape index (κ1) is 20.8. The summed E-state index contributed by atoms with van der Waals surface area (Å²) in [6, 6.07) is 11.2. The predicted molar refractivity (Wildman–Crippen MR) is 117 cm³/mol. The van der Waals surface area contributed by atoms with Gasteiger partial charge in [0.15, 0.2) is 5.11 Å². The molecule has 1 aromatic heterocycles. The zero-order chi connectivity index (χ0) is 20.3. The average Bonchev–Trinajstić information content (AvgIpc) is 2.93. The van der Waals surface area contributed by atoms with Gasteiger partial charge in [-0.2, -0.15) is 0 Å². The van der Waals surface area contributed by atoms with Gasteiger partial charge in [-0.15, -0.1) is 0 Å². The Morgan fingerprint density at radius 1 is 1.18 bits per heavy atom. The fourth-order valence-electron chi connectivity index (χ4n) is 3.62. The van der Waals surface area contributed by atoms with Crippen molar-refractivity contribution in [3.8, 4) is 0 Å². The van der Waals surface area contributed by atoms with Crippen molar-refractivity contribution in [1.82, 2.24) is 13.8 Å². The van der Waals surface area contributed by atoms with Crippen molar-refractivity contribution in [3.05, 3.63) is 48.3 Å². The van der Waals surface area contributed by atoms with Gasteiger partial charge >= 0.3 is 0 Å². The Balaban J connectivity index is 1.84. The smallest absolute Gasteiger partial charge is 0.242 e. The van der Waals surface area contributed by atoms with Gasteiger partial charge in [0, 0.05) is 45.3 Å². The topological polar surface area (TPSA) is 57.6 Å². The van der Waals surface area contributed by atoms with E-state index in [1.807, 2.05) is 6.07 Å². The van der Waals surface area contributed by atoms with E-state index in [-0.39, 0.29) is 10.9 Å². The molecule has 0 unspecified atom stereocenters. The second-order valence-electron chi connectivity index (χ2n) is 7.35. The summed E-state index contributed by atoms with van der Waals surface area (Å²) in [6.45, 7) is 0.886. The van der Waals surface area contributed by atoms with Crippen molar-refractivity contribution in [1.29, 1.82) is 0 Å². The van der Waals surface area contributed by atoms with E-state index in [1.165, 1.54) is 36.9 Å². The third-order valence-electron chi connectivity index (χ3n) is 5.20. The van der Waals surface area contributed by atoms with Crippen molar-refractivity contribution in [3.63, 3.8) is 0 Å². The first-order valence-electron chi connectivity index (χ1n) is 9.52. The highest BCUT2D eigenvalue weighted by Crippen LogP contribution is 2.31. The van der Waals surface area contributed by atoms with Gasteiger partial charge in [0.25, 0.3) is 0 Å². The lowest BCUT2D eigenvalue weighted by molar-refractivity contribution is 0.315. The molecule has 2 aromatic rings. The summed E-state index contributed by atoms with van der Waals surface area (Å²) in [5, 5.41) is 3.90. The summed E-state index contributed by atoms with van der Waals surface area (Å²) < 4.78 is 28.2. The molecule has 1 aromatic carbocycles. The van der Waals surface area contributed by atoms with Crippen LogP contribution in [0.25, 0.3) is 0 Å². The molecule has 0 spiro atoms. The van der Waals surface area contributed by atoms with Crippen molar-refractivity contribution in [2.24, 2.45) is 7.05 Å². The molecule has 1 aliphatic heterocycles. The predicted octanol–water partition coefficient (Wildman–Crippen LogP) is 3.59. The quantitative estimate of drug-likeness (QED) is 0.766. The first-order valence-corrected chi connectivity index (χ1v) is 11.4. The molecule has 152 valence electrons. The maximum Gasteiger partial charge on any atom is 0.242 e. The maximum atomic E-state index is 12.4. The van der Waals surface area contributed by atoms with E-state index in [1.54, 1.807) is 18.2 Å². The Bertz CT molecular complexity index is 937. The van der Waals surface area contributed by atoms with Crippen LogP contribution in [0.15, 0.2) is 47.5 Å². The van der Waals surface area contributed by atoms with Gasteiger partial charge in [-0.3, -0.25) is 0 Å². The Morgan fingerprint density at radius 3 is 2.64 bits per heavy atom. The Morgan fingerprint density at radius 2 is 1.96 bits per heavy atom. The van der Waals surface area contributed by atoms with E-state index in [4.69, 9.17) is 12.2 Å². The summed E-state index contributed by atoms with van der Waals surface area (Å²) >= 11 is 5.74. The zero-order valence-corrected chi connectivity index (χ0v) is 18.3. The van der Waals surface area contributed by atoms with Gasteiger partial charge in [-0.25, -0.2) is 12.7 Å². The van der Waals surface area contributed by atoms with E-state index in [9.17, 15) is 8.42 Å². The maximum absolute atomic E-state index is 12.4. The molecule has 8 heteroatoms.